The van der Waals surface area contributed by atoms with E-state index in [2.05, 4.69) is 6.07 Å². The van der Waals surface area contributed by atoms with Crippen LogP contribution in [0.5, 0.6) is 0 Å². The molecule has 5 nitrogen and oxygen atoms in total. The van der Waals surface area contributed by atoms with Crippen molar-refractivity contribution < 1.29 is 0 Å². The van der Waals surface area contributed by atoms with Crippen LogP contribution in [0.2, 0.25) is 0 Å². The minimum Gasteiger partial charge on any atom is -0.393 e. The SMILES string of the molecule is CN(C)c1ccc([C@@H]2C(c3nc4ccccc4s3)=C(N)SC(=N)[C@@H]2C#N)cc1. The van der Waals surface area contributed by atoms with Crippen LogP contribution in [0.15, 0.2) is 53.6 Å². The van der Waals surface area contributed by atoms with Gasteiger partial charge in [0.2, 0.25) is 0 Å². The third-order valence-corrected chi connectivity index (χ3v) is 6.83. The lowest BCUT2D eigenvalue weighted by molar-refractivity contribution is 0.771. The van der Waals surface area contributed by atoms with Crippen molar-refractivity contribution in [3.63, 3.8) is 0 Å². The van der Waals surface area contributed by atoms with E-state index in [4.69, 9.17) is 16.1 Å². The summed E-state index contributed by atoms with van der Waals surface area (Å²) in [5.74, 6) is -0.889. The summed E-state index contributed by atoms with van der Waals surface area (Å²) < 4.78 is 1.08. The zero-order chi connectivity index (χ0) is 19.8. The highest BCUT2D eigenvalue weighted by molar-refractivity contribution is 8.17. The number of nitriles is 1. The van der Waals surface area contributed by atoms with Gasteiger partial charge in [-0.05, 0) is 29.8 Å². The van der Waals surface area contributed by atoms with Crippen LogP contribution < -0.4 is 10.6 Å². The molecule has 0 unspecified atom stereocenters. The number of allylic oxidation sites excluding steroid dienone is 1. The Morgan fingerprint density at radius 1 is 1.14 bits per heavy atom. The van der Waals surface area contributed by atoms with Crippen molar-refractivity contribution in [3.8, 4) is 6.07 Å². The normalized spacial score (nSPS) is 19.7. The Bertz CT molecular complexity index is 1090. The molecule has 0 fully saturated rings. The Morgan fingerprint density at radius 2 is 1.86 bits per heavy atom. The minimum absolute atomic E-state index is 0.284. The average Bonchev–Trinajstić information content (AvgIpc) is 3.11. The van der Waals surface area contributed by atoms with E-state index in [0.717, 1.165) is 32.0 Å². The standard InChI is InChI=1S/C21H19N5S2/c1-26(2)13-9-7-12(8-10-13)17-14(11-22)19(23)28-20(24)18(17)21-25-15-5-3-4-6-16(15)27-21/h3-10,14,17,23H,24H2,1-2H3/t14-,17+/m1/s1. The highest BCUT2D eigenvalue weighted by Crippen LogP contribution is 2.48. The first-order chi connectivity index (χ1) is 13.5. The van der Waals surface area contributed by atoms with Crippen molar-refractivity contribution in [2.24, 2.45) is 11.7 Å². The average molecular weight is 406 g/mol. The molecule has 1 aliphatic rings. The maximum Gasteiger partial charge on any atom is 0.123 e. The topological polar surface area (TPSA) is 89.8 Å². The highest BCUT2D eigenvalue weighted by Gasteiger charge is 2.38. The summed E-state index contributed by atoms with van der Waals surface area (Å²) in [7, 11) is 3.98. The molecule has 0 spiro atoms. The first kappa shape index (κ1) is 18.5. The number of nitrogens with one attached hydrogen (secondary N) is 1. The lowest BCUT2D eigenvalue weighted by Gasteiger charge is -2.30. The molecule has 3 aromatic rings. The van der Waals surface area contributed by atoms with Crippen molar-refractivity contribution in [3.05, 3.63) is 64.1 Å². The summed E-state index contributed by atoms with van der Waals surface area (Å²) in [6.45, 7) is 0. The van der Waals surface area contributed by atoms with Crippen molar-refractivity contribution in [2.45, 2.75) is 5.92 Å². The van der Waals surface area contributed by atoms with Crippen LogP contribution >= 0.6 is 23.1 Å². The second-order valence-corrected chi connectivity index (χ2v) is 8.92. The quantitative estimate of drug-likeness (QED) is 0.663. The van der Waals surface area contributed by atoms with Gasteiger partial charge in [-0.1, -0.05) is 36.0 Å². The Labute approximate surface area is 172 Å². The smallest absolute Gasteiger partial charge is 0.123 e. The van der Waals surface area contributed by atoms with Gasteiger partial charge in [0.05, 0.1) is 26.4 Å². The number of rotatable bonds is 3. The molecule has 4 rings (SSSR count). The van der Waals surface area contributed by atoms with E-state index in [1.165, 1.54) is 11.8 Å². The van der Waals surface area contributed by atoms with E-state index in [0.29, 0.717) is 5.03 Å². The van der Waals surface area contributed by atoms with Gasteiger partial charge >= 0.3 is 0 Å². The molecule has 140 valence electrons. The number of thioether (sulfide) groups is 1. The van der Waals surface area contributed by atoms with Crippen LogP contribution in [-0.4, -0.2) is 24.1 Å². The number of fused-ring (bicyclic) bond motifs is 1. The van der Waals surface area contributed by atoms with Crippen LogP contribution in [0, 0.1) is 22.7 Å². The maximum absolute atomic E-state index is 9.83. The summed E-state index contributed by atoms with van der Waals surface area (Å²) in [5.41, 5.74) is 10.2. The van der Waals surface area contributed by atoms with Crippen LogP contribution in [0.25, 0.3) is 15.8 Å². The summed E-state index contributed by atoms with van der Waals surface area (Å²) in [4.78, 5) is 6.81. The maximum atomic E-state index is 9.83. The largest absolute Gasteiger partial charge is 0.393 e. The van der Waals surface area contributed by atoms with Crippen molar-refractivity contribution in [2.75, 3.05) is 19.0 Å². The molecule has 3 N–H and O–H groups in total. The number of benzene rings is 2. The molecule has 0 amide bonds. The fourth-order valence-electron chi connectivity index (χ4n) is 3.41. The van der Waals surface area contributed by atoms with Gasteiger partial charge in [-0.2, -0.15) is 5.26 Å². The molecular formula is C21H19N5S2. The summed E-state index contributed by atoms with van der Waals surface area (Å²) >= 11 is 2.75. The molecule has 28 heavy (non-hydrogen) atoms. The van der Waals surface area contributed by atoms with Crippen molar-refractivity contribution >= 4 is 49.6 Å². The second-order valence-electron chi connectivity index (χ2n) is 6.80. The van der Waals surface area contributed by atoms with Gasteiger partial charge in [-0.15, -0.1) is 11.3 Å². The molecule has 2 atom stereocenters. The summed E-state index contributed by atoms with van der Waals surface area (Å²) in [5, 5.41) is 19.8. The number of para-hydroxylation sites is 1. The Morgan fingerprint density at radius 3 is 2.50 bits per heavy atom. The lowest BCUT2D eigenvalue weighted by atomic mass is 9.81. The first-order valence-electron chi connectivity index (χ1n) is 8.78. The van der Waals surface area contributed by atoms with Gasteiger partial charge in [-0.25, -0.2) is 4.98 Å². The van der Waals surface area contributed by atoms with Gasteiger partial charge in [0.1, 0.15) is 10.9 Å². The van der Waals surface area contributed by atoms with E-state index in [1.54, 1.807) is 11.3 Å². The molecule has 2 heterocycles. The van der Waals surface area contributed by atoms with Crippen LogP contribution in [0.1, 0.15) is 16.5 Å². The van der Waals surface area contributed by atoms with E-state index >= 15 is 0 Å². The minimum atomic E-state index is -0.579. The van der Waals surface area contributed by atoms with Gasteiger partial charge in [0.25, 0.3) is 0 Å². The van der Waals surface area contributed by atoms with Gasteiger partial charge in [-0.3, -0.25) is 5.41 Å². The number of aromatic nitrogens is 1. The monoisotopic (exact) mass is 405 g/mol. The van der Waals surface area contributed by atoms with Crippen molar-refractivity contribution in [1.82, 2.24) is 4.98 Å². The lowest BCUT2D eigenvalue weighted by Crippen LogP contribution is -2.26. The number of hydrogen-bond acceptors (Lipinski definition) is 7. The van der Waals surface area contributed by atoms with Gasteiger partial charge in [0.15, 0.2) is 0 Å². The molecule has 0 aliphatic carbocycles. The molecular weight excluding hydrogens is 386 g/mol. The molecule has 1 aliphatic heterocycles. The molecule has 0 saturated heterocycles. The number of anilines is 1. The molecule has 2 aromatic carbocycles. The van der Waals surface area contributed by atoms with Crippen LogP contribution in [0.4, 0.5) is 5.69 Å². The van der Waals surface area contributed by atoms with E-state index in [1.807, 2.05) is 67.5 Å². The molecule has 0 radical (unpaired) electrons. The third kappa shape index (κ3) is 3.15. The van der Waals surface area contributed by atoms with Gasteiger partial charge < -0.3 is 10.6 Å². The molecule has 0 bridgehead atoms. The highest BCUT2D eigenvalue weighted by atomic mass is 32.2. The number of nitrogens with two attached hydrogens (primary N) is 1. The molecule has 7 heteroatoms. The molecule has 1 aromatic heterocycles. The Balaban J connectivity index is 1.88. The predicted molar refractivity (Wildman–Crippen MR) is 119 cm³/mol. The van der Waals surface area contributed by atoms with Crippen molar-refractivity contribution in [1.29, 1.82) is 10.7 Å². The number of thiazole rings is 1. The predicted octanol–water partition coefficient (Wildman–Crippen LogP) is 4.64. The fraction of sp³-hybridized carbons (Fsp3) is 0.190. The Hall–Kier alpha value is -2.82. The number of nitrogens with zero attached hydrogens (tertiary/aromatic N) is 3. The molecule has 0 saturated carbocycles. The fourth-order valence-corrected chi connectivity index (χ4v) is 5.42. The Kier molecular flexibility index (Phi) is 4.84. The van der Waals surface area contributed by atoms with E-state index in [9.17, 15) is 5.26 Å². The van der Waals surface area contributed by atoms with E-state index < -0.39 is 5.92 Å². The summed E-state index contributed by atoms with van der Waals surface area (Å²) in [6, 6.07) is 18.4. The number of hydrogen-bond donors (Lipinski definition) is 2. The van der Waals surface area contributed by atoms with Crippen LogP contribution in [-0.2, 0) is 0 Å². The summed E-state index contributed by atoms with van der Waals surface area (Å²) in [6.07, 6.45) is 0. The second kappa shape index (κ2) is 7.30. The first-order valence-corrected chi connectivity index (χ1v) is 10.4. The third-order valence-electron chi connectivity index (χ3n) is 4.84. The zero-order valence-electron chi connectivity index (χ0n) is 15.5. The van der Waals surface area contributed by atoms with Crippen LogP contribution in [0.3, 0.4) is 0 Å². The van der Waals surface area contributed by atoms with Gasteiger partial charge in [0, 0.05) is 31.3 Å². The van der Waals surface area contributed by atoms with E-state index in [-0.39, 0.29) is 11.0 Å². The zero-order valence-corrected chi connectivity index (χ0v) is 17.1.